The van der Waals surface area contributed by atoms with Gasteiger partial charge in [-0.15, -0.1) is 0 Å². The first-order valence-electron chi connectivity index (χ1n) is 4.13. The quantitative estimate of drug-likeness (QED) is 0.623. The second-order valence-electron chi connectivity index (χ2n) is 4.21. The summed E-state index contributed by atoms with van der Waals surface area (Å²) in [7, 11) is 0. The maximum absolute atomic E-state index is 9.30. The normalized spacial score (nSPS) is 11.7. The minimum atomic E-state index is 0.0590. The molecule has 1 heteroatoms. The maximum atomic E-state index is 9.30. The zero-order valence-electron chi connectivity index (χ0n) is 8.10. The standard InChI is InChI=1S/C11H15O/c1-8-5-9(11(2,3)4)7-10(12)6-8/h5-6,12H,1-4H3. The van der Waals surface area contributed by atoms with E-state index in [1.807, 2.05) is 6.92 Å². The van der Waals surface area contributed by atoms with Gasteiger partial charge >= 0.3 is 0 Å². The molecule has 0 aliphatic rings. The van der Waals surface area contributed by atoms with E-state index in [2.05, 4.69) is 32.9 Å². The average molecular weight is 163 g/mol. The van der Waals surface area contributed by atoms with E-state index >= 15 is 0 Å². The van der Waals surface area contributed by atoms with E-state index in [-0.39, 0.29) is 11.2 Å². The molecule has 0 unspecified atom stereocenters. The molecule has 0 heterocycles. The first-order chi connectivity index (χ1) is 5.39. The molecule has 0 saturated carbocycles. The van der Waals surface area contributed by atoms with E-state index in [0.717, 1.165) is 11.1 Å². The summed E-state index contributed by atoms with van der Waals surface area (Å²) in [5.74, 6) is 0.236. The minimum absolute atomic E-state index is 0.0590. The van der Waals surface area contributed by atoms with E-state index in [4.69, 9.17) is 0 Å². The van der Waals surface area contributed by atoms with Crippen LogP contribution in [0, 0.1) is 13.0 Å². The molecule has 1 aromatic rings. The monoisotopic (exact) mass is 163 g/mol. The van der Waals surface area contributed by atoms with Gasteiger partial charge in [-0.3, -0.25) is 0 Å². The Hall–Kier alpha value is -0.980. The van der Waals surface area contributed by atoms with Crippen LogP contribution in [0.25, 0.3) is 0 Å². The maximum Gasteiger partial charge on any atom is 0.124 e. The predicted octanol–water partition coefficient (Wildman–Crippen LogP) is 2.80. The summed E-state index contributed by atoms with van der Waals surface area (Å²) in [5.41, 5.74) is 2.19. The average Bonchev–Trinajstić information content (AvgIpc) is 1.82. The van der Waals surface area contributed by atoms with Crippen LogP contribution < -0.4 is 0 Å². The summed E-state index contributed by atoms with van der Waals surface area (Å²) in [6, 6.07) is 6.72. The molecule has 1 rings (SSSR count). The molecular formula is C11H15O. The molecule has 1 N–H and O–H groups in total. The van der Waals surface area contributed by atoms with Crippen LogP contribution in [0.2, 0.25) is 0 Å². The number of aromatic hydroxyl groups is 1. The number of hydrogen-bond donors (Lipinski definition) is 1. The predicted molar refractivity (Wildman–Crippen MR) is 50.4 cm³/mol. The van der Waals surface area contributed by atoms with Crippen LogP contribution in [0.5, 0.6) is 5.75 Å². The fourth-order valence-corrected chi connectivity index (χ4v) is 1.10. The summed E-state index contributed by atoms with van der Waals surface area (Å²) in [6.45, 7) is 8.30. The molecule has 65 valence electrons. The SMILES string of the molecule is Cc1cc(O)[c]c(C(C)(C)C)c1. The topological polar surface area (TPSA) is 20.2 Å². The second kappa shape index (κ2) is 2.81. The molecule has 0 saturated heterocycles. The molecule has 1 nitrogen and oxygen atoms in total. The number of benzene rings is 1. The third kappa shape index (κ3) is 2.00. The highest BCUT2D eigenvalue weighted by Gasteiger charge is 2.14. The lowest BCUT2D eigenvalue weighted by atomic mass is 9.86. The Labute approximate surface area is 74.1 Å². The molecule has 0 amide bonds. The zero-order valence-corrected chi connectivity index (χ0v) is 8.10. The summed E-state index contributed by atoms with van der Waals surface area (Å²) in [6.07, 6.45) is 0. The fraction of sp³-hybridized carbons (Fsp3) is 0.455. The van der Waals surface area contributed by atoms with Crippen LogP contribution in [0.3, 0.4) is 0 Å². The van der Waals surface area contributed by atoms with Gasteiger partial charge in [0.05, 0.1) is 0 Å². The Morgan fingerprint density at radius 2 is 1.83 bits per heavy atom. The lowest BCUT2D eigenvalue weighted by Gasteiger charge is -2.19. The Bertz CT molecular complexity index is 261. The number of aryl methyl sites for hydroxylation is 1. The van der Waals surface area contributed by atoms with Gasteiger partial charge in [0, 0.05) is 6.07 Å². The molecule has 0 fully saturated rings. The van der Waals surface area contributed by atoms with E-state index < -0.39 is 0 Å². The van der Waals surface area contributed by atoms with Crippen LogP contribution >= 0.6 is 0 Å². The van der Waals surface area contributed by atoms with Gasteiger partial charge in [0.25, 0.3) is 0 Å². The smallest absolute Gasteiger partial charge is 0.124 e. The molecule has 0 bridgehead atoms. The Balaban J connectivity index is 3.18. The van der Waals surface area contributed by atoms with Crippen molar-refractivity contribution in [1.29, 1.82) is 0 Å². The van der Waals surface area contributed by atoms with E-state index in [1.165, 1.54) is 0 Å². The molecule has 0 aliphatic heterocycles. The first-order valence-corrected chi connectivity index (χ1v) is 4.13. The number of hydrogen-bond acceptors (Lipinski definition) is 1. The Morgan fingerprint density at radius 3 is 2.25 bits per heavy atom. The van der Waals surface area contributed by atoms with Crippen LogP contribution in [0.1, 0.15) is 31.9 Å². The van der Waals surface area contributed by atoms with Gasteiger partial charge in [0.1, 0.15) is 5.75 Å². The molecule has 1 radical (unpaired) electrons. The van der Waals surface area contributed by atoms with Crippen LogP contribution in [-0.2, 0) is 5.41 Å². The van der Waals surface area contributed by atoms with Gasteiger partial charge < -0.3 is 5.11 Å². The minimum Gasteiger partial charge on any atom is -0.507 e. The fourth-order valence-electron chi connectivity index (χ4n) is 1.10. The van der Waals surface area contributed by atoms with E-state index in [0.29, 0.717) is 0 Å². The third-order valence-electron chi connectivity index (χ3n) is 1.81. The van der Waals surface area contributed by atoms with Crippen molar-refractivity contribution in [3.8, 4) is 5.75 Å². The molecule has 0 aromatic heterocycles. The van der Waals surface area contributed by atoms with Crippen LogP contribution in [0.4, 0.5) is 0 Å². The summed E-state index contributed by atoms with van der Waals surface area (Å²) < 4.78 is 0. The molecule has 0 spiro atoms. The molecule has 0 aliphatic carbocycles. The van der Waals surface area contributed by atoms with Crippen molar-refractivity contribution < 1.29 is 5.11 Å². The summed E-state index contributed by atoms with van der Waals surface area (Å²) >= 11 is 0. The van der Waals surface area contributed by atoms with Crippen molar-refractivity contribution in [1.82, 2.24) is 0 Å². The first kappa shape index (κ1) is 9.11. The largest absolute Gasteiger partial charge is 0.507 e. The highest BCUT2D eigenvalue weighted by atomic mass is 16.3. The van der Waals surface area contributed by atoms with Crippen molar-refractivity contribution in [2.75, 3.05) is 0 Å². The summed E-state index contributed by atoms with van der Waals surface area (Å²) in [5, 5.41) is 9.30. The van der Waals surface area contributed by atoms with Crippen molar-refractivity contribution >= 4 is 0 Å². The van der Waals surface area contributed by atoms with Crippen molar-refractivity contribution in [3.63, 3.8) is 0 Å². The number of phenols is 1. The van der Waals surface area contributed by atoms with E-state index in [1.54, 1.807) is 6.07 Å². The third-order valence-corrected chi connectivity index (χ3v) is 1.81. The van der Waals surface area contributed by atoms with Gasteiger partial charge in [-0.05, 0) is 29.5 Å². The van der Waals surface area contributed by atoms with Crippen molar-refractivity contribution in [2.45, 2.75) is 33.1 Å². The highest BCUT2D eigenvalue weighted by molar-refractivity contribution is 5.34. The Morgan fingerprint density at radius 1 is 1.25 bits per heavy atom. The highest BCUT2D eigenvalue weighted by Crippen LogP contribution is 2.25. The van der Waals surface area contributed by atoms with Crippen LogP contribution in [-0.4, -0.2) is 5.11 Å². The lowest BCUT2D eigenvalue weighted by Crippen LogP contribution is -2.11. The van der Waals surface area contributed by atoms with Gasteiger partial charge in [-0.25, -0.2) is 0 Å². The van der Waals surface area contributed by atoms with Gasteiger partial charge in [0.15, 0.2) is 0 Å². The second-order valence-corrected chi connectivity index (χ2v) is 4.21. The summed E-state index contributed by atoms with van der Waals surface area (Å²) in [4.78, 5) is 0. The van der Waals surface area contributed by atoms with Gasteiger partial charge in [0.2, 0.25) is 0 Å². The molecule has 0 atom stereocenters. The van der Waals surface area contributed by atoms with Crippen molar-refractivity contribution in [2.24, 2.45) is 0 Å². The molecule has 1 aromatic carbocycles. The van der Waals surface area contributed by atoms with Crippen molar-refractivity contribution in [3.05, 3.63) is 29.3 Å². The molecule has 12 heavy (non-hydrogen) atoms. The lowest BCUT2D eigenvalue weighted by molar-refractivity contribution is 0.469. The molecular weight excluding hydrogens is 148 g/mol. The van der Waals surface area contributed by atoms with E-state index in [9.17, 15) is 5.11 Å². The zero-order chi connectivity index (χ0) is 9.35. The van der Waals surface area contributed by atoms with Crippen LogP contribution in [0.15, 0.2) is 12.1 Å². The number of phenolic OH excluding ortho intramolecular Hbond substituents is 1. The van der Waals surface area contributed by atoms with Gasteiger partial charge in [-0.1, -0.05) is 26.8 Å². The Kier molecular flexibility index (Phi) is 2.14. The van der Waals surface area contributed by atoms with Gasteiger partial charge in [-0.2, -0.15) is 0 Å². The number of rotatable bonds is 0.